The summed E-state index contributed by atoms with van der Waals surface area (Å²) in [6.45, 7) is 1.34. The van der Waals surface area contributed by atoms with Crippen molar-refractivity contribution in [2.75, 3.05) is 32.6 Å². The van der Waals surface area contributed by atoms with Crippen LogP contribution in [0.25, 0.3) is 0 Å². The molecule has 0 radical (unpaired) electrons. The first-order valence-corrected chi connectivity index (χ1v) is 10.5. The van der Waals surface area contributed by atoms with Crippen LogP contribution < -0.4 is 10.6 Å². The van der Waals surface area contributed by atoms with Crippen molar-refractivity contribution in [1.82, 2.24) is 15.2 Å². The van der Waals surface area contributed by atoms with Crippen LogP contribution in [0.1, 0.15) is 43.4 Å². The summed E-state index contributed by atoms with van der Waals surface area (Å²) >= 11 is 0. The standard InChI is InChI=1S/C21H32N4O4/c1-25(2)21(28)24-18(20(26)27)9-11-29-17-12-14(13-17)5-7-16-8-6-15-4-3-10-22-19(15)23-16/h6,8,14,17-18H,3-5,7,9-13H2,1-2H3,(H,22,23)(H,24,28)(H,26,27). The van der Waals surface area contributed by atoms with Crippen molar-refractivity contribution < 1.29 is 19.4 Å². The predicted octanol–water partition coefficient (Wildman–Crippen LogP) is 2.28. The third-order valence-corrected chi connectivity index (χ3v) is 5.72. The number of nitrogens with one attached hydrogen (secondary N) is 2. The summed E-state index contributed by atoms with van der Waals surface area (Å²) in [5, 5.41) is 15.1. The minimum atomic E-state index is -1.04. The Bertz CT molecular complexity index is 719. The largest absolute Gasteiger partial charge is 0.480 e. The van der Waals surface area contributed by atoms with Crippen LogP contribution in [0.15, 0.2) is 12.1 Å². The Balaban J connectivity index is 1.32. The topological polar surface area (TPSA) is 104 Å². The Morgan fingerprint density at radius 1 is 1.38 bits per heavy atom. The summed E-state index contributed by atoms with van der Waals surface area (Å²) in [5.74, 6) is 0.648. The minimum absolute atomic E-state index is 0.192. The quantitative estimate of drug-likeness (QED) is 0.583. The number of aliphatic carboxylic acids is 1. The Kier molecular flexibility index (Phi) is 7.30. The first kappa shape index (κ1) is 21.4. The van der Waals surface area contributed by atoms with Gasteiger partial charge in [0.2, 0.25) is 0 Å². The second-order valence-electron chi connectivity index (χ2n) is 8.23. The van der Waals surface area contributed by atoms with E-state index in [1.165, 1.54) is 16.9 Å². The average molecular weight is 405 g/mol. The van der Waals surface area contributed by atoms with E-state index in [4.69, 9.17) is 9.72 Å². The molecular formula is C21H32N4O4. The fourth-order valence-corrected chi connectivity index (χ4v) is 3.79. The number of carbonyl (C=O) groups is 2. The van der Waals surface area contributed by atoms with Crippen molar-refractivity contribution in [3.05, 3.63) is 23.4 Å². The molecule has 1 aromatic rings. The van der Waals surface area contributed by atoms with Crippen molar-refractivity contribution in [3.63, 3.8) is 0 Å². The fourth-order valence-electron chi connectivity index (χ4n) is 3.79. The van der Waals surface area contributed by atoms with Crippen molar-refractivity contribution in [2.24, 2.45) is 5.92 Å². The van der Waals surface area contributed by atoms with E-state index in [2.05, 4.69) is 22.8 Å². The van der Waals surface area contributed by atoms with Gasteiger partial charge in [0.05, 0.1) is 6.10 Å². The summed E-state index contributed by atoms with van der Waals surface area (Å²) in [6, 6.07) is 3.01. The van der Waals surface area contributed by atoms with E-state index in [1.54, 1.807) is 14.1 Å². The number of hydrogen-bond acceptors (Lipinski definition) is 5. The van der Waals surface area contributed by atoms with E-state index >= 15 is 0 Å². The molecular weight excluding hydrogens is 372 g/mol. The second kappa shape index (κ2) is 9.91. The number of amides is 2. The number of aryl methyl sites for hydroxylation is 2. The van der Waals surface area contributed by atoms with Gasteiger partial charge in [-0.15, -0.1) is 0 Å². The fraction of sp³-hybridized carbons (Fsp3) is 0.667. The molecule has 1 fully saturated rings. The molecule has 3 rings (SSSR count). The van der Waals surface area contributed by atoms with E-state index < -0.39 is 18.0 Å². The highest BCUT2D eigenvalue weighted by Gasteiger charge is 2.30. The number of urea groups is 1. The lowest BCUT2D eigenvalue weighted by atomic mass is 9.79. The molecule has 0 saturated heterocycles. The van der Waals surface area contributed by atoms with Gasteiger partial charge in [-0.05, 0) is 56.1 Å². The van der Waals surface area contributed by atoms with Gasteiger partial charge in [-0.2, -0.15) is 0 Å². The van der Waals surface area contributed by atoms with Gasteiger partial charge in [-0.3, -0.25) is 0 Å². The zero-order valence-corrected chi connectivity index (χ0v) is 17.3. The van der Waals surface area contributed by atoms with Crippen LogP contribution in [0.3, 0.4) is 0 Å². The zero-order valence-electron chi connectivity index (χ0n) is 17.3. The smallest absolute Gasteiger partial charge is 0.326 e. The van der Waals surface area contributed by atoms with Crippen LogP contribution in [-0.2, 0) is 22.4 Å². The van der Waals surface area contributed by atoms with Crippen LogP contribution in [0.4, 0.5) is 10.6 Å². The number of nitrogens with zero attached hydrogens (tertiary/aromatic N) is 2. The average Bonchev–Trinajstić information content (AvgIpc) is 2.67. The number of fused-ring (bicyclic) bond motifs is 1. The van der Waals surface area contributed by atoms with E-state index in [0.717, 1.165) is 50.2 Å². The predicted molar refractivity (Wildman–Crippen MR) is 110 cm³/mol. The maximum Gasteiger partial charge on any atom is 0.326 e. The SMILES string of the molecule is CN(C)C(=O)NC(CCOC1CC(CCc2ccc3c(n2)NCCC3)C1)C(=O)O. The molecule has 1 unspecified atom stereocenters. The maximum absolute atomic E-state index is 11.6. The maximum atomic E-state index is 11.6. The molecule has 0 aromatic carbocycles. The molecule has 8 heteroatoms. The van der Waals surface area contributed by atoms with E-state index in [9.17, 15) is 14.7 Å². The van der Waals surface area contributed by atoms with Gasteiger partial charge in [0.1, 0.15) is 11.9 Å². The minimum Gasteiger partial charge on any atom is -0.480 e. The lowest BCUT2D eigenvalue weighted by molar-refractivity contribution is -0.140. The Morgan fingerprint density at radius 2 is 2.17 bits per heavy atom. The highest BCUT2D eigenvalue weighted by atomic mass is 16.5. The molecule has 0 bridgehead atoms. The Labute approximate surface area is 172 Å². The molecule has 29 heavy (non-hydrogen) atoms. The summed E-state index contributed by atoms with van der Waals surface area (Å²) in [4.78, 5) is 29.0. The molecule has 1 aliphatic heterocycles. The van der Waals surface area contributed by atoms with E-state index in [-0.39, 0.29) is 12.5 Å². The molecule has 160 valence electrons. The number of carboxylic acids is 1. The lowest BCUT2D eigenvalue weighted by Gasteiger charge is -2.35. The first-order valence-electron chi connectivity index (χ1n) is 10.5. The summed E-state index contributed by atoms with van der Waals surface area (Å²) in [7, 11) is 3.16. The molecule has 2 heterocycles. The van der Waals surface area contributed by atoms with Gasteiger partial charge in [-0.1, -0.05) is 6.07 Å². The monoisotopic (exact) mass is 404 g/mol. The molecule has 2 amide bonds. The van der Waals surface area contributed by atoms with Crippen molar-refractivity contribution in [1.29, 1.82) is 0 Å². The van der Waals surface area contributed by atoms with Gasteiger partial charge in [0.15, 0.2) is 0 Å². The molecule has 8 nitrogen and oxygen atoms in total. The zero-order chi connectivity index (χ0) is 20.8. The number of carboxylic acid groups (broad SMARTS) is 1. The molecule has 1 saturated carbocycles. The summed E-state index contributed by atoms with van der Waals surface area (Å²) < 4.78 is 5.80. The van der Waals surface area contributed by atoms with Crippen LogP contribution in [0.2, 0.25) is 0 Å². The Hall–Kier alpha value is -2.35. The van der Waals surface area contributed by atoms with Crippen LogP contribution in [0.5, 0.6) is 0 Å². The molecule has 2 aliphatic rings. The Morgan fingerprint density at radius 3 is 2.90 bits per heavy atom. The number of rotatable bonds is 9. The van der Waals surface area contributed by atoms with Crippen molar-refractivity contribution in [2.45, 2.75) is 57.1 Å². The van der Waals surface area contributed by atoms with Gasteiger partial charge in [0.25, 0.3) is 0 Å². The molecule has 1 aliphatic carbocycles. The van der Waals surface area contributed by atoms with E-state index in [0.29, 0.717) is 12.5 Å². The molecule has 3 N–H and O–H groups in total. The van der Waals surface area contributed by atoms with Gasteiger partial charge in [-0.25, -0.2) is 14.6 Å². The highest BCUT2D eigenvalue weighted by Crippen LogP contribution is 2.34. The van der Waals surface area contributed by atoms with Crippen LogP contribution >= 0.6 is 0 Å². The number of ether oxygens (including phenoxy) is 1. The lowest BCUT2D eigenvalue weighted by Crippen LogP contribution is -2.46. The number of anilines is 1. The molecule has 0 spiro atoms. The number of aromatic nitrogens is 1. The number of carbonyl (C=O) groups excluding carboxylic acids is 1. The van der Waals surface area contributed by atoms with E-state index in [1.807, 2.05) is 0 Å². The summed E-state index contributed by atoms with van der Waals surface area (Å²) in [6.07, 6.45) is 6.83. The first-order chi connectivity index (χ1) is 13.9. The van der Waals surface area contributed by atoms with Crippen molar-refractivity contribution >= 4 is 17.8 Å². The number of hydrogen-bond donors (Lipinski definition) is 3. The third-order valence-electron chi connectivity index (χ3n) is 5.72. The van der Waals surface area contributed by atoms with Gasteiger partial charge < -0.3 is 25.4 Å². The van der Waals surface area contributed by atoms with Gasteiger partial charge >= 0.3 is 12.0 Å². The second-order valence-corrected chi connectivity index (χ2v) is 8.23. The summed E-state index contributed by atoms with van der Waals surface area (Å²) in [5.41, 5.74) is 2.46. The highest BCUT2D eigenvalue weighted by molar-refractivity contribution is 5.82. The van der Waals surface area contributed by atoms with Gasteiger partial charge in [0, 0.05) is 39.4 Å². The van der Waals surface area contributed by atoms with Crippen LogP contribution in [-0.4, -0.2) is 66.4 Å². The van der Waals surface area contributed by atoms with Crippen LogP contribution in [0, 0.1) is 5.92 Å². The molecule has 1 aromatic heterocycles. The van der Waals surface area contributed by atoms with Crippen molar-refractivity contribution in [3.8, 4) is 0 Å². The third kappa shape index (κ3) is 6.06. The number of pyridine rings is 1. The normalized spacial score (nSPS) is 21.3. The molecule has 1 atom stereocenters.